The fraction of sp³-hybridized carbons (Fsp3) is 0.643. The fourth-order valence-electron chi connectivity index (χ4n) is 3.57. The minimum atomic E-state index is 0.771. The Labute approximate surface area is 108 Å². The minimum Gasteiger partial charge on any atom is -0.312 e. The summed E-state index contributed by atoms with van der Waals surface area (Å²) < 4.78 is 0. The number of hydrogen-bond acceptors (Lipinski definition) is 2. The summed E-state index contributed by atoms with van der Waals surface area (Å²) in [7, 11) is 0. The second-order valence-electron chi connectivity index (χ2n) is 5.53. The molecule has 1 heterocycles. The van der Waals surface area contributed by atoms with Crippen LogP contribution in [-0.4, -0.2) is 11.5 Å². The van der Waals surface area contributed by atoms with Crippen molar-refractivity contribution in [3.05, 3.63) is 29.0 Å². The highest BCUT2D eigenvalue weighted by molar-refractivity contribution is 6.31. The van der Waals surface area contributed by atoms with Crippen LogP contribution in [0.2, 0.25) is 5.02 Å². The van der Waals surface area contributed by atoms with Crippen molar-refractivity contribution in [3.8, 4) is 0 Å². The lowest BCUT2D eigenvalue weighted by Crippen LogP contribution is -2.26. The normalized spacial score (nSPS) is 31.0. The van der Waals surface area contributed by atoms with Gasteiger partial charge in [0.25, 0.3) is 0 Å². The fourth-order valence-corrected chi connectivity index (χ4v) is 3.75. The van der Waals surface area contributed by atoms with Gasteiger partial charge in [0.05, 0.1) is 5.02 Å². The molecule has 2 fully saturated rings. The second-order valence-corrected chi connectivity index (χ2v) is 5.94. The Morgan fingerprint density at radius 3 is 3.00 bits per heavy atom. The molecule has 1 aromatic heterocycles. The predicted octanol–water partition coefficient (Wildman–Crippen LogP) is 3.26. The predicted molar refractivity (Wildman–Crippen MR) is 69.9 cm³/mol. The average Bonchev–Trinajstić information content (AvgIpc) is 2.94. The molecule has 2 aliphatic rings. The van der Waals surface area contributed by atoms with E-state index in [4.69, 9.17) is 11.6 Å². The molecular weight excluding hydrogens is 232 g/mol. The molecule has 2 bridgehead atoms. The van der Waals surface area contributed by atoms with Gasteiger partial charge in [-0.25, -0.2) is 0 Å². The molecule has 3 rings (SSSR count). The Hall–Kier alpha value is -0.600. The van der Waals surface area contributed by atoms with Gasteiger partial charge in [-0.3, -0.25) is 4.98 Å². The van der Waals surface area contributed by atoms with Crippen LogP contribution in [0.25, 0.3) is 0 Å². The van der Waals surface area contributed by atoms with Crippen LogP contribution in [0.3, 0.4) is 0 Å². The van der Waals surface area contributed by atoms with Gasteiger partial charge in [-0.1, -0.05) is 18.0 Å². The van der Waals surface area contributed by atoms with Gasteiger partial charge < -0.3 is 5.32 Å². The van der Waals surface area contributed by atoms with Gasteiger partial charge >= 0.3 is 0 Å². The third-order valence-corrected chi connectivity index (χ3v) is 4.80. The monoisotopic (exact) mass is 250 g/mol. The van der Waals surface area contributed by atoms with Crippen LogP contribution in [0.15, 0.2) is 18.5 Å². The zero-order valence-corrected chi connectivity index (χ0v) is 10.8. The number of pyridine rings is 1. The number of nitrogens with zero attached hydrogens (tertiary/aromatic N) is 1. The van der Waals surface area contributed by atoms with Crippen molar-refractivity contribution in [1.29, 1.82) is 0 Å². The zero-order valence-electron chi connectivity index (χ0n) is 10.0. The molecule has 2 nitrogen and oxygen atoms in total. The number of fused-ring (bicyclic) bond motifs is 2. The van der Waals surface area contributed by atoms with Gasteiger partial charge in [0, 0.05) is 18.9 Å². The van der Waals surface area contributed by atoms with E-state index in [9.17, 15) is 0 Å². The van der Waals surface area contributed by atoms with Crippen molar-refractivity contribution >= 4 is 11.6 Å². The molecule has 3 atom stereocenters. The first-order valence-electron chi connectivity index (χ1n) is 6.62. The number of hydrogen-bond donors (Lipinski definition) is 1. The van der Waals surface area contributed by atoms with Crippen molar-refractivity contribution in [2.24, 2.45) is 17.8 Å². The summed E-state index contributed by atoms with van der Waals surface area (Å²) in [5.74, 6) is 2.95. The molecule has 17 heavy (non-hydrogen) atoms. The molecule has 0 aromatic carbocycles. The first kappa shape index (κ1) is 11.5. The van der Waals surface area contributed by atoms with E-state index in [0.29, 0.717) is 0 Å². The van der Waals surface area contributed by atoms with Gasteiger partial charge in [-0.2, -0.15) is 0 Å². The molecule has 2 saturated carbocycles. The molecule has 0 saturated heterocycles. The Morgan fingerprint density at radius 2 is 2.29 bits per heavy atom. The van der Waals surface area contributed by atoms with Crippen molar-refractivity contribution in [1.82, 2.24) is 10.3 Å². The molecule has 2 aliphatic carbocycles. The number of halogens is 1. The number of rotatable bonds is 4. The quantitative estimate of drug-likeness (QED) is 0.887. The summed E-state index contributed by atoms with van der Waals surface area (Å²) in [6, 6.07) is 2.00. The van der Waals surface area contributed by atoms with Crippen molar-refractivity contribution in [3.63, 3.8) is 0 Å². The smallest absolute Gasteiger partial charge is 0.0634 e. The van der Waals surface area contributed by atoms with E-state index in [2.05, 4.69) is 10.3 Å². The van der Waals surface area contributed by atoms with E-state index in [1.54, 1.807) is 12.4 Å². The van der Waals surface area contributed by atoms with E-state index in [1.807, 2.05) is 6.07 Å². The van der Waals surface area contributed by atoms with Gasteiger partial charge in [-0.15, -0.1) is 0 Å². The third kappa shape index (κ3) is 2.48. The van der Waals surface area contributed by atoms with Crippen molar-refractivity contribution < 1.29 is 0 Å². The largest absolute Gasteiger partial charge is 0.312 e. The van der Waals surface area contributed by atoms with Gasteiger partial charge in [-0.05, 0) is 55.2 Å². The van der Waals surface area contributed by atoms with E-state index in [-0.39, 0.29) is 0 Å². The van der Waals surface area contributed by atoms with Crippen LogP contribution in [-0.2, 0) is 6.54 Å². The zero-order chi connectivity index (χ0) is 11.7. The average molecular weight is 251 g/mol. The van der Waals surface area contributed by atoms with Crippen molar-refractivity contribution in [2.45, 2.75) is 32.2 Å². The molecule has 1 N–H and O–H groups in total. The number of aromatic nitrogens is 1. The summed E-state index contributed by atoms with van der Waals surface area (Å²) in [6.07, 6.45) is 9.41. The maximum atomic E-state index is 6.08. The van der Waals surface area contributed by atoms with E-state index < -0.39 is 0 Å². The Bertz CT molecular complexity index is 394. The van der Waals surface area contributed by atoms with Crippen LogP contribution >= 0.6 is 11.6 Å². The molecule has 3 unspecified atom stereocenters. The van der Waals surface area contributed by atoms with Gasteiger partial charge in [0.15, 0.2) is 0 Å². The van der Waals surface area contributed by atoms with Gasteiger partial charge in [0.1, 0.15) is 0 Å². The standard InChI is InChI=1S/C14H19ClN2/c15-14-9-16-4-3-12(14)7-17-8-13-6-10-1-2-11(13)5-10/h3-4,9-11,13,17H,1-2,5-8H2. The summed E-state index contributed by atoms with van der Waals surface area (Å²) >= 11 is 6.08. The lowest BCUT2D eigenvalue weighted by Gasteiger charge is -2.22. The molecule has 0 aliphatic heterocycles. The summed E-state index contributed by atoms with van der Waals surface area (Å²) in [6.45, 7) is 2.02. The van der Waals surface area contributed by atoms with E-state index in [0.717, 1.165) is 41.4 Å². The maximum Gasteiger partial charge on any atom is 0.0634 e. The molecule has 0 spiro atoms. The first-order chi connectivity index (χ1) is 8.33. The van der Waals surface area contributed by atoms with Crippen molar-refractivity contribution in [2.75, 3.05) is 6.54 Å². The highest BCUT2D eigenvalue weighted by atomic mass is 35.5. The lowest BCUT2D eigenvalue weighted by molar-refractivity contribution is 0.318. The summed E-state index contributed by atoms with van der Waals surface area (Å²) in [4.78, 5) is 4.00. The molecule has 0 amide bonds. The highest BCUT2D eigenvalue weighted by Crippen LogP contribution is 2.47. The van der Waals surface area contributed by atoms with Crippen LogP contribution in [0.4, 0.5) is 0 Å². The minimum absolute atomic E-state index is 0.771. The topological polar surface area (TPSA) is 24.9 Å². The van der Waals surface area contributed by atoms with Crippen LogP contribution in [0.1, 0.15) is 31.2 Å². The van der Waals surface area contributed by atoms with Gasteiger partial charge in [0.2, 0.25) is 0 Å². The molecule has 1 aromatic rings. The summed E-state index contributed by atoms with van der Waals surface area (Å²) in [5.41, 5.74) is 1.16. The number of nitrogens with one attached hydrogen (secondary N) is 1. The Morgan fingerprint density at radius 1 is 1.35 bits per heavy atom. The third-order valence-electron chi connectivity index (χ3n) is 4.46. The van der Waals surface area contributed by atoms with Crippen LogP contribution in [0.5, 0.6) is 0 Å². The van der Waals surface area contributed by atoms with Crippen LogP contribution in [0, 0.1) is 17.8 Å². The lowest BCUT2D eigenvalue weighted by atomic mass is 9.89. The highest BCUT2D eigenvalue weighted by Gasteiger charge is 2.38. The molecule has 3 heteroatoms. The summed E-state index contributed by atoms with van der Waals surface area (Å²) in [5, 5.41) is 4.33. The molecular formula is C14H19ClN2. The molecule has 0 radical (unpaired) electrons. The first-order valence-corrected chi connectivity index (χ1v) is 7.00. The van der Waals surface area contributed by atoms with Crippen LogP contribution < -0.4 is 5.32 Å². The SMILES string of the molecule is Clc1cnccc1CNCC1CC2CCC1C2. The molecule has 92 valence electrons. The Balaban J connectivity index is 1.48. The van der Waals surface area contributed by atoms with E-state index >= 15 is 0 Å². The maximum absolute atomic E-state index is 6.08. The van der Waals surface area contributed by atoms with E-state index in [1.165, 1.54) is 25.7 Å². The Kier molecular flexibility index (Phi) is 3.34. The second kappa shape index (κ2) is 4.95.